The number of H-pyrrole nitrogens is 1. The summed E-state index contributed by atoms with van der Waals surface area (Å²) in [5.41, 5.74) is 5.51. The molecule has 40 heavy (non-hydrogen) atoms. The molecule has 6 rings (SSSR count). The summed E-state index contributed by atoms with van der Waals surface area (Å²) in [6.45, 7) is 7.40. The Labute approximate surface area is 232 Å². The normalized spacial score (nSPS) is 16.2. The van der Waals surface area contributed by atoms with Crippen LogP contribution in [0, 0.1) is 0 Å². The minimum absolute atomic E-state index is 0.00381. The molecule has 8 nitrogen and oxygen atoms in total. The van der Waals surface area contributed by atoms with Gasteiger partial charge in [-0.1, -0.05) is 12.1 Å². The van der Waals surface area contributed by atoms with E-state index < -0.39 is 0 Å². The van der Waals surface area contributed by atoms with Crippen molar-refractivity contribution >= 4 is 27.7 Å². The van der Waals surface area contributed by atoms with Gasteiger partial charge in [-0.2, -0.15) is 0 Å². The van der Waals surface area contributed by atoms with Crippen molar-refractivity contribution in [3.8, 4) is 28.1 Å². The predicted octanol–water partition coefficient (Wildman–Crippen LogP) is 4.77. The van der Waals surface area contributed by atoms with E-state index >= 15 is 0 Å². The highest BCUT2D eigenvalue weighted by atomic mass is 16.5. The van der Waals surface area contributed by atoms with Gasteiger partial charge in [-0.15, -0.1) is 0 Å². The third-order valence-corrected chi connectivity index (χ3v) is 7.94. The monoisotopic (exact) mass is 535 g/mol. The second-order valence-electron chi connectivity index (χ2n) is 10.3. The van der Waals surface area contributed by atoms with E-state index in [0.29, 0.717) is 25.2 Å². The molecule has 204 valence electrons. The van der Waals surface area contributed by atoms with E-state index in [0.717, 1.165) is 57.5 Å². The van der Waals surface area contributed by atoms with Gasteiger partial charge >= 0.3 is 0 Å². The fourth-order valence-corrected chi connectivity index (χ4v) is 5.48. The molecule has 0 unspecified atom stereocenters. The number of fused-ring (bicyclic) bond motifs is 2. The first-order chi connectivity index (χ1) is 19.4. The Morgan fingerprint density at radius 1 is 1.00 bits per heavy atom. The summed E-state index contributed by atoms with van der Waals surface area (Å²) in [6, 6.07) is 20.2. The second kappa shape index (κ2) is 10.6. The number of aryl methyl sites for hydroxylation is 1. The van der Waals surface area contributed by atoms with Crippen LogP contribution >= 0.6 is 0 Å². The number of benzene rings is 2. The fraction of sp³-hybridized carbons (Fsp3) is 0.281. The topological polar surface area (TPSA) is 83.5 Å². The molecule has 5 aromatic rings. The van der Waals surface area contributed by atoms with Crippen LogP contribution in [0.5, 0.6) is 5.75 Å². The number of piperazine rings is 1. The van der Waals surface area contributed by atoms with Crippen LogP contribution in [0.2, 0.25) is 0 Å². The Kier molecular flexibility index (Phi) is 6.86. The number of hydrogen-bond donors (Lipinski definition) is 1. The van der Waals surface area contributed by atoms with Crippen molar-refractivity contribution in [2.45, 2.75) is 26.4 Å². The van der Waals surface area contributed by atoms with Gasteiger partial charge in [-0.25, -0.2) is 4.98 Å². The number of rotatable bonds is 7. The zero-order valence-corrected chi connectivity index (χ0v) is 23.1. The van der Waals surface area contributed by atoms with E-state index in [9.17, 15) is 9.59 Å². The van der Waals surface area contributed by atoms with Crippen molar-refractivity contribution in [1.82, 2.24) is 24.3 Å². The van der Waals surface area contributed by atoms with Gasteiger partial charge in [0.25, 0.3) is 5.56 Å². The van der Waals surface area contributed by atoms with E-state index in [4.69, 9.17) is 9.72 Å². The molecule has 0 aliphatic carbocycles. The highest BCUT2D eigenvalue weighted by Crippen LogP contribution is 2.30. The molecule has 8 heteroatoms. The molecule has 1 N–H and O–H groups in total. The van der Waals surface area contributed by atoms with Gasteiger partial charge in [-0.3, -0.25) is 14.5 Å². The van der Waals surface area contributed by atoms with Gasteiger partial charge in [0.15, 0.2) is 0 Å². The van der Waals surface area contributed by atoms with Crippen LogP contribution in [0.1, 0.15) is 13.8 Å². The van der Waals surface area contributed by atoms with Crippen molar-refractivity contribution in [2.75, 3.05) is 33.3 Å². The lowest BCUT2D eigenvalue weighted by atomic mass is 10.0. The number of ether oxygens (including phenoxy) is 1. The summed E-state index contributed by atoms with van der Waals surface area (Å²) < 4.78 is 7.71. The number of pyridine rings is 2. The Balaban J connectivity index is 1.17. The first kappa shape index (κ1) is 25.8. The van der Waals surface area contributed by atoms with Crippen molar-refractivity contribution in [2.24, 2.45) is 0 Å². The number of aromatic amines is 1. The molecular formula is C32H33N5O3. The highest BCUT2D eigenvalue weighted by molar-refractivity contribution is 5.97. The second-order valence-corrected chi connectivity index (χ2v) is 10.3. The number of amides is 1. The number of nitrogens with zero attached hydrogens (tertiary/aromatic N) is 4. The average Bonchev–Trinajstić information content (AvgIpc) is 3.48. The van der Waals surface area contributed by atoms with Crippen LogP contribution in [0.25, 0.3) is 44.2 Å². The van der Waals surface area contributed by atoms with Gasteiger partial charge in [0.2, 0.25) is 5.91 Å². The van der Waals surface area contributed by atoms with Gasteiger partial charge in [0.05, 0.1) is 17.3 Å². The number of nitrogens with one attached hydrogen (secondary N) is 1. The minimum atomic E-state index is -0.111. The van der Waals surface area contributed by atoms with E-state index in [1.807, 2.05) is 75.8 Å². The first-order valence-electron chi connectivity index (χ1n) is 13.8. The predicted molar refractivity (Wildman–Crippen MR) is 159 cm³/mol. The van der Waals surface area contributed by atoms with Crippen LogP contribution < -0.4 is 10.3 Å². The molecule has 4 heterocycles. The van der Waals surface area contributed by atoms with E-state index in [-0.39, 0.29) is 17.5 Å². The van der Waals surface area contributed by atoms with Crippen LogP contribution in [-0.2, 0) is 11.3 Å². The van der Waals surface area contributed by atoms with Crippen molar-refractivity contribution < 1.29 is 9.53 Å². The molecule has 0 saturated carbocycles. The zero-order valence-electron chi connectivity index (χ0n) is 23.1. The molecule has 1 saturated heterocycles. The number of likely N-dealkylation sites (N-methyl/N-ethyl adjacent to an activating group) is 1. The average molecular weight is 536 g/mol. The third-order valence-electron chi connectivity index (χ3n) is 7.94. The lowest BCUT2D eigenvalue weighted by Crippen LogP contribution is -2.55. The van der Waals surface area contributed by atoms with Crippen LogP contribution in [-0.4, -0.2) is 69.6 Å². The maximum Gasteiger partial charge on any atom is 0.274 e. The van der Waals surface area contributed by atoms with Crippen molar-refractivity contribution in [3.63, 3.8) is 0 Å². The number of hydrogen-bond acceptors (Lipinski definition) is 5. The highest BCUT2D eigenvalue weighted by Gasteiger charge is 2.28. The number of aromatic nitrogens is 3. The maximum absolute atomic E-state index is 12.7. The molecule has 1 aliphatic heterocycles. The molecule has 1 amide bonds. The Hall–Kier alpha value is -4.43. The van der Waals surface area contributed by atoms with Gasteiger partial charge in [0.1, 0.15) is 17.9 Å². The molecule has 3 aromatic heterocycles. The molecule has 0 spiro atoms. The van der Waals surface area contributed by atoms with Gasteiger partial charge in [-0.05, 0) is 67.9 Å². The summed E-state index contributed by atoms with van der Waals surface area (Å²) in [7, 11) is 1.85. The van der Waals surface area contributed by atoms with Crippen molar-refractivity contribution in [1.29, 1.82) is 0 Å². The van der Waals surface area contributed by atoms with Gasteiger partial charge in [0, 0.05) is 67.5 Å². The smallest absolute Gasteiger partial charge is 0.274 e. The Bertz CT molecular complexity index is 1750. The molecule has 1 aliphatic rings. The summed E-state index contributed by atoms with van der Waals surface area (Å²) >= 11 is 0. The van der Waals surface area contributed by atoms with E-state index in [1.165, 1.54) is 0 Å². The first-order valence-corrected chi connectivity index (χ1v) is 13.8. The molecule has 1 fully saturated rings. The third kappa shape index (κ3) is 4.75. The van der Waals surface area contributed by atoms with E-state index in [2.05, 4.69) is 28.1 Å². The van der Waals surface area contributed by atoms with Crippen LogP contribution in [0.15, 0.2) is 77.9 Å². The minimum Gasteiger partial charge on any atom is -0.492 e. The Morgan fingerprint density at radius 2 is 1.80 bits per heavy atom. The standard InChI is InChI=1S/C32H33N5O3/c1-4-36-20-27(26-13-14-33-30(26)32(36)39)23-7-11-29-24(19-23)8-12-28(34-29)22-5-9-25(10-6-22)40-18-17-37-16-15-35(3)31(38)21(37)2/h5-14,19-21,33H,4,15-18H2,1-3H3/t21-/m1/s1. The largest absolute Gasteiger partial charge is 0.492 e. The lowest BCUT2D eigenvalue weighted by Gasteiger charge is -2.37. The number of carbonyl (C=O) groups excluding carboxylic acids is 1. The molecule has 0 radical (unpaired) electrons. The summed E-state index contributed by atoms with van der Waals surface area (Å²) in [4.78, 5) is 36.8. The maximum atomic E-state index is 12.7. The molecular weight excluding hydrogens is 502 g/mol. The fourth-order valence-electron chi connectivity index (χ4n) is 5.48. The van der Waals surface area contributed by atoms with Crippen LogP contribution in [0.4, 0.5) is 0 Å². The number of carbonyl (C=O) groups is 1. The molecule has 1 atom stereocenters. The summed E-state index contributed by atoms with van der Waals surface area (Å²) in [6.07, 6.45) is 3.76. The zero-order chi connectivity index (χ0) is 27.8. The van der Waals surface area contributed by atoms with E-state index in [1.54, 1.807) is 9.47 Å². The SMILES string of the molecule is CCn1cc(-c2ccc3nc(-c4ccc(OCCN5CCN(C)C(=O)[C@H]5C)cc4)ccc3c2)c2cc[nH]c2c1=O. The Morgan fingerprint density at radius 3 is 2.60 bits per heavy atom. The van der Waals surface area contributed by atoms with Gasteiger partial charge < -0.3 is 19.2 Å². The lowest BCUT2D eigenvalue weighted by molar-refractivity contribution is -0.139. The van der Waals surface area contributed by atoms with Crippen LogP contribution in [0.3, 0.4) is 0 Å². The quantitative estimate of drug-likeness (QED) is 0.325. The molecule has 0 bridgehead atoms. The van der Waals surface area contributed by atoms with Crippen molar-refractivity contribution in [3.05, 3.63) is 83.4 Å². The molecule has 2 aromatic carbocycles. The summed E-state index contributed by atoms with van der Waals surface area (Å²) in [5.74, 6) is 0.960. The summed E-state index contributed by atoms with van der Waals surface area (Å²) in [5, 5.41) is 1.96.